The Morgan fingerprint density at radius 2 is 2.19 bits per heavy atom. The van der Waals surface area contributed by atoms with Crippen LogP contribution in [0.2, 0.25) is 0 Å². The molecule has 4 nitrogen and oxygen atoms in total. The topological polar surface area (TPSA) is 54.0 Å². The van der Waals surface area contributed by atoms with E-state index in [1.54, 1.807) is 17.5 Å². The van der Waals surface area contributed by atoms with Gasteiger partial charge in [0.15, 0.2) is 0 Å². The second-order valence-corrected chi connectivity index (χ2v) is 6.60. The molecular weight excluding hydrogens is 282 g/mol. The van der Waals surface area contributed by atoms with Crippen LogP contribution in [0.1, 0.15) is 19.8 Å². The van der Waals surface area contributed by atoms with Crippen molar-refractivity contribution < 1.29 is 4.79 Å². The standard InChI is InChI=1S/C16H19N3OS/c1-16(7-2-8-17-11-16)15(20)19-13-5-3-12(4-6-13)14-18-9-10-21-14/h3-6,9-10,17H,2,7-8,11H2,1H3,(H,19,20). The summed E-state index contributed by atoms with van der Waals surface area (Å²) in [5.74, 6) is 0.0942. The zero-order chi connectivity index (χ0) is 14.7. The molecular formula is C16H19N3OS. The van der Waals surface area contributed by atoms with Crippen LogP contribution in [0.4, 0.5) is 5.69 Å². The molecule has 0 spiro atoms. The lowest BCUT2D eigenvalue weighted by Gasteiger charge is -2.32. The van der Waals surface area contributed by atoms with Crippen LogP contribution in [0.5, 0.6) is 0 Å². The quantitative estimate of drug-likeness (QED) is 0.915. The summed E-state index contributed by atoms with van der Waals surface area (Å²) in [6, 6.07) is 7.87. The summed E-state index contributed by atoms with van der Waals surface area (Å²) in [5, 5.41) is 9.29. The maximum absolute atomic E-state index is 12.4. The van der Waals surface area contributed by atoms with Gasteiger partial charge in [0.05, 0.1) is 5.41 Å². The van der Waals surface area contributed by atoms with Crippen LogP contribution >= 0.6 is 11.3 Å². The summed E-state index contributed by atoms with van der Waals surface area (Å²) in [6.07, 6.45) is 3.78. The minimum Gasteiger partial charge on any atom is -0.326 e. The van der Waals surface area contributed by atoms with Crippen LogP contribution in [0.25, 0.3) is 10.6 Å². The Hall–Kier alpha value is -1.72. The molecule has 5 heteroatoms. The molecule has 1 fully saturated rings. The third kappa shape index (κ3) is 3.14. The molecule has 110 valence electrons. The van der Waals surface area contributed by atoms with E-state index in [9.17, 15) is 4.79 Å². The van der Waals surface area contributed by atoms with Gasteiger partial charge in [-0.3, -0.25) is 4.79 Å². The lowest BCUT2D eigenvalue weighted by atomic mass is 9.82. The second-order valence-electron chi connectivity index (χ2n) is 5.71. The lowest BCUT2D eigenvalue weighted by Crippen LogP contribution is -2.46. The monoisotopic (exact) mass is 301 g/mol. The van der Waals surface area contributed by atoms with Crippen molar-refractivity contribution in [2.24, 2.45) is 5.41 Å². The summed E-state index contributed by atoms with van der Waals surface area (Å²) < 4.78 is 0. The van der Waals surface area contributed by atoms with Crippen molar-refractivity contribution >= 4 is 22.9 Å². The fourth-order valence-corrected chi connectivity index (χ4v) is 3.24. The zero-order valence-electron chi connectivity index (χ0n) is 12.1. The molecule has 1 atom stereocenters. The van der Waals surface area contributed by atoms with E-state index < -0.39 is 0 Å². The Balaban J connectivity index is 1.69. The molecule has 0 bridgehead atoms. The van der Waals surface area contributed by atoms with Gasteiger partial charge in [-0.1, -0.05) is 0 Å². The molecule has 1 aliphatic heterocycles. The summed E-state index contributed by atoms with van der Waals surface area (Å²) >= 11 is 1.61. The van der Waals surface area contributed by atoms with Gasteiger partial charge in [0.2, 0.25) is 5.91 Å². The highest BCUT2D eigenvalue weighted by Gasteiger charge is 2.34. The summed E-state index contributed by atoms with van der Waals surface area (Å²) in [5.41, 5.74) is 1.60. The number of carbonyl (C=O) groups is 1. The van der Waals surface area contributed by atoms with Gasteiger partial charge in [-0.25, -0.2) is 4.98 Å². The Bertz CT molecular complexity index is 601. The van der Waals surface area contributed by atoms with Crippen molar-refractivity contribution in [3.8, 4) is 10.6 Å². The number of hydrogen-bond donors (Lipinski definition) is 2. The maximum atomic E-state index is 12.4. The molecule has 0 saturated carbocycles. The smallest absolute Gasteiger partial charge is 0.231 e. The minimum atomic E-state index is -0.313. The first-order valence-corrected chi connectivity index (χ1v) is 8.07. The van der Waals surface area contributed by atoms with E-state index in [-0.39, 0.29) is 11.3 Å². The van der Waals surface area contributed by atoms with E-state index >= 15 is 0 Å². The largest absolute Gasteiger partial charge is 0.326 e. The van der Waals surface area contributed by atoms with Gasteiger partial charge >= 0.3 is 0 Å². The van der Waals surface area contributed by atoms with E-state index in [0.717, 1.165) is 42.2 Å². The highest BCUT2D eigenvalue weighted by atomic mass is 32.1. The first-order chi connectivity index (χ1) is 10.2. The predicted molar refractivity (Wildman–Crippen MR) is 86.4 cm³/mol. The van der Waals surface area contributed by atoms with Gasteiger partial charge in [-0.05, 0) is 50.6 Å². The van der Waals surface area contributed by atoms with E-state index in [1.165, 1.54) is 0 Å². The highest BCUT2D eigenvalue weighted by Crippen LogP contribution is 2.28. The number of rotatable bonds is 3. The van der Waals surface area contributed by atoms with Crippen molar-refractivity contribution in [2.75, 3.05) is 18.4 Å². The first kappa shape index (κ1) is 14.2. The molecule has 1 aliphatic rings. The second kappa shape index (κ2) is 5.95. The summed E-state index contributed by atoms with van der Waals surface area (Å²) in [4.78, 5) is 16.7. The highest BCUT2D eigenvalue weighted by molar-refractivity contribution is 7.13. The van der Waals surface area contributed by atoms with Crippen molar-refractivity contribution in [1.29, 1.82) is 0 Å². The van der Waals surface area contributed by atoms with Crippen LogP contribution in [0.15, 0.2) is 35.8 Å². The van der Waals surface area contributed by atoms with Crippen LogP contribution in [-0.4, -0.2) is 24.0 Å². The molecule has 2 heterocycles. The molecule has 3 rings (SSSR count). The SMILES string of the molecule is CC1(C(=O)Nc2ccc(-c3nccs3)cc2)CCCNC1. The number of benzene rings is 1. The number of hydrogen-bond acceptors (Lipinski definition) is 4. The molecule has 1 aromatic carbocycles. The average molecular weight is 301 g/mol. The fourth-order valence-electron chi connectivity index (χ4n) is 2.59. The Kier molecular flexibility index (Phi) is 4.03. The molecule has 1 saturated heterocycles. The number of amides is 1. The van der Waals surface area contributed by atoms with E-state index in [2.05, 4.69) is 15.6 Å². The van der Waals surface area contributed by atoms with Crippen molar-refractivity contribution in [3.05, 3.63) is 35.8 Å². The Labute approximate surface area is 128 Å². The molecule has 0 radical (unpaired) electrons. The van der Waals surface area contributed by atoms with Crippen molar-refractivity contribution in [3.63, 3.8) is 0 Å². The van der Waals surface area contributed by atoms with E-state index in [4.69, 9.17) is 0 Å². The number of nitrogens with one attached hydrogen (secondary N) is 2. The number of carbonyl (C=O) groups excluding carboxylic acids is 1. The molecule has 1 amide bonds. The molecule has 1 aromatic heterocycles. The summed E-state index contributed by atoms with van der Waals surface area (Å²) in [6.45, 7) is 3.78. The Morgan fingerprint density at radius 1 is 1.38 bits per heavy atom. The van der Waals surface area contributed by atoms with Crippen LogP contribution < -0.4 is 10.6 Å². The minimum absolute atomic E-state index is 0.0942. The van der Waals surface area contributed by atoms with E-state index in [1.807, 2.05) is 36.6 Å². The Morgan fingerprint density at radius 3 is 2.81 bits per heavy atom. The maximum Gasteiger partial charge on any atom is 0.231 e. The third-order valence-electron chi connectivity index (χ3n) is 3.97. The van der Waals surface area contributed by atoms with Crippen molar-refractivity contribution in [2.45, 2.75) is 19.8 Å². The van der Waals surface area contributed by atoms with Crippen molar-refractivity contribution in [1.82, 2.24) is 10.3 Å². The van der Waals surface area contributed by atoms with Gasteiger partial charge in [0, 0.05) is 29.4 Å². The average Bonchev–Trinajstić information content (AvgIpc) is 3.03. The molecule has 1 unspecified atom stereocenters. The zero-order valence-corrected chi connectivity index (χ0v) is 12.9. The molecule has 2 aromatic rings. The third-order valence-corrected chi connectivity index (χ3v) is 4.79. The number of anilines is 1. The van der Waals surface area contributed by atoms with Crippen LogP contribution in [0.3, 0.4) is 0 Å². The predicted octanol–water partition coefficient (Wildman–Crippen LogP) is 3.14. The summed E-state index contributed by atoms with van der Waals surface area (Å²) in [7, 11) is 0. The normalized spacial score (nSPS) is 22.0. The number of thiazole rings is 1. The first-order valence-electron chi connectivity index (χ1n) is 7.19. The van der Waals surface area contributed by atoms with E-state index in [0.29, 0.717) is 0 Å². The van der Waals surface area contributed by atoms with Gasteiger partial charge in [-0.15, -0.1) is 11.3 Å². The molecule has 2 N–H and O–H groups in total. The number of nitrogens with zero attached hydrogens (tertiary/aromatic N) is 1. The number of piperidine rings is 1. The van der Waals surface area contributed by atoms with Gasteiger partial charge in [0.1, 0.15) is 5.01 Å². The lowest BCUT2D eigenvalue weighted by molar-refractivity contribution is -0.125. The van der Waals surface area contributed by atoms with Crippen LogP contribution in [-0.2, 0) is 4.79 Å². The van der Waals surface area contributed by atoms with Crippen LogP contribution in [0, 0.1) is 5.41 Å². The van der Waals surface area contributed by atoms with Gasteiger partial charge in [-0.2, -0.15) is 0 Å². The molecule has 21 heavy (non-hydrogen) atoms. The fraction of sp³-hybridized carbons (Fsp3) is 0.375. The van der Waals surface area contributed by atoms with Gasteiger partial charge in [0.25, 0.3) is 0 Å². The molecule has 0 aliphatic carbocycles. The number of aromatic nitrogens is 1. The van der Waals surface area contributed by atoms with Gasteiger partial charge < -0.3 is 10.6 Å².